The van der Waals surface area contributed by atoms with Crippen molar-refractivity contribution in [2.24, 2.45) is 0 Å². The Morgan fingerprint density at radius 1 is 1.24 bits per heavy atom. The van der Waals surface area contributed by atoms with E-state index in [-0.39, 0.29) is 5.38 Å². The minimum absolute atomic E-state index is 0.236. The van der Waals surface area contributed by atoms with Gasteiger partial charge in [0.1, 0.15) is 11.3 Å². The average Bonchev–Trinajstić information content (AvgIpc) is 2.79. The van der Waals surface area contributed by atoms with Crippen LogP contribution in [0, 0.1) is 0 Å². The molecule has 0 saturated carbocycles. The third-order valence-corrected chi connectivity index (χ3v) is 3.99. The summed E-state index contributed by atoms with van der Waals surface area (Å²) in [6.07, 6.45) is 1.61. The lowest BCUT2D eigenvalue weighted by molar-refractivity contribution is 0.736. The van der Waals surface area contributed by atoms with Gasteiger partial charge in [0, 0.05) is 11.2 Å². The van der Waals surface area contributed by atoms with Gasteiger partial charge in [-0.1, -0.05) is 41.4 Å². The van der Waals surface area contributed by atoms with Gasteiger partial charge in [0.25, 0.3) is 0 Å². The molecule has 3 aromatic rings. The molecular formula is C15H12Cl3N3. The zero-order valence-electron chi connectivity index (χ0n) is 11.2. The molecule has 0 N–H and O–H groups in total. The van der Waals surface area contributed by atoms with Crippen molar-refractivity contribution in [3.05, 3.63) is 58.0 Å². The molecule has 3 nitrogen and oxygen atoms in total. The third-order valence-electron chi connectivity index (χ3n) is 3.22. The Balaban J connectivity index is 2.16. The van der Waals surface area contributed by atoms with Crippen LogP contribution in [0.15, 0.2) is 36.5 Å². The maximum absolute atomic E-state index is 6.25. The first-order chi connectivity index (χ1) is 10.1. The fourth-order valence-corrected chi connectivity index (χ4v) is 2.77. The number of imidazole rings is 1. The molecule has 0 aliphatic heterocycles. The van der Waals surface area contributed by atoms with Gasteiger partial charge in [-0.05, 0) is 24.6 Å². The summed E-state index contributed by atoms with van der Waals surface area (Å²) < 4.78 is 1.98. The van der Waals surface area contributed by atoms with Crippen molar-refractivity contribution in [2.45, 2.75) is 18.8 Å². The number of aromatic nitrogens is 3. The van der Waals surface area contributed by atoms with Crippen LogP contribution in [0.5, 0.6) is 0 Å². The lowest BCUT2D eigenvalue weighted by atomic mass is 10.2. The van der Waals surface area contributed by atoms with Gasteiger partial charge in [-0.2, -0.15) is 0 Å². The van der Waals surface area contributed by atoms with E-state index in [2.05, 4.69) is 9.97 Å². The van der Waals surface area contributed by atoms with E-state index >= 15 is 0 Å². The molecule has 0 aliphatic rings. The molecule has 0 saturated heterocycles. The number of fused-ring (bicyclic) bond motifs is 1. The van der Waals surface area contributed by atoms with Crippen LogP contribution in [0.25, 0.3) is 11.2 Å². The van der Waals surface area contributed by atoms with Gasteiger partial charge in [-0.25, -0.2) is 9.97 Å². The first-order valence-electron chi connectivity index (χ1n) is 6.45. The molecular weight excluding hydrogens is 329 g/mol. The number of nitrogens with zero attached hydrogens (tertiary/aromatic N) is 3. The van der Waals surface area contributed by atoms with Crippen LogP contribution in [-0.4, -0.2) is 14.5 Å². The van der Waals surface area contributed by atoms with Crippen LogP contribution >= 0.6 is 34.8 Å². The molecule has 3 rings (SSSR count). The van der Waals surface area contributed by atoms with Gasteiger partial charge in [0.05, 0.1) is 16.9 Å². The SMILES string of the molecule is CC(Cl)c1nc2cc(Cl)cnc2n1Cc1ccccc1Cl. The predicted molar refractivity (Wildman–Crippen MR) is 87.4 cm³/mol. The molecule has 2 aromatic heterocycles. The average molecular weight is 341 g/mol. The molecule has 0 aliphatic carbocycles. The lowest BCUT2D eigenvalue weighted by Gasteiger charge is -2.11. The molecule has 0 fully saturated rings. The third kappa shape index (κ3) is 2.86. The maximum atomic E-state index is 6.25. The van der Waals surface area contributed by atoms with Crippen molar-refractivity contribution in [2.75, 3.05) is 0 Å². The Bertz CT molecular complexity index is 796. The van der Waals surface area contributed by atoms with Crippen LogP contribution in [0.2, 0.25) is 10.0 Å². The number of rotatable bonds is 3. The minimum Gasteiger partial charge on any atom is -0.307 e. The van der Waals surface area contributed by atoms with E-state index in [4.69, 9.17) is 34.8 Å². The maximum Gasteiger partial charge on any atom is 0.160 e. The second kappa shape index (κ2) is 5.84. The zero-order valence-corrected chi connectivity index (χ0v) is 13.5. The minimum atomic E-state index is -0.236. The molecule has 1 atom stereocenters. The summed E-state index contributed by atoms with van der Waals surface area (Å²) >= 11 is 18.5. The highest BCUT2D eigenvalue weighted by atomic mass is 35.5. The summed E-state index contributed by atoms with van der Waals surface area (Å²) in [5, 5.41) is 1.03. The quantitative estimate of drug-likeness (QED) is 0.622. The van der Waals surface area contributed by atoms with Crippen LogP contribution in [-0.2, 0) is 6.54 Å². The number of halogens is 3. The molecule has 21 heavy (non-hydrogen) atoms. The van der Waals surface area contributed by atoms with E-state index in [1.807, 2.05) is 35.8 Å². The van der Waals surface area contributed by atoms with Crippen LogP contribution in [0.4, 0.5) is 0 Å². The van der Waals surface area contributed by atoms with Gasteiger partial charge in [-0.15, -0.1) is 11.6 Å². The van der Waals surface area contributed by atoms with Crippen molar-refractivity contribution in [3.8, 4) is 0 Å². The highest BCUT2D eigenvalue weighted by Gasteiger charge is 2.17. The van der Waals surface area contributed by atoms with E-state index in [9.17, 15) is 0 Å². The van der Waals surface area contributed by atoms with Crippen LogP contribution in [0.1, 0.15) is 23.7 Å². The van der Waals surface area contributed by atoms with E-state index in [0.717, 1.165) is 22.6 Å². The normalized spacial score (nSPS) is 12.8. The summed E-state index contributed by atoms with van der Waals surface area (Å²) in [6.45, 7) is 2.45. The predicted octanol–water partition coefficient (Wildman–Crippen LogP) is 5.09. The molecule has 1 unspecified atom stereocenters. The van der Waals surface area contributed by atoms with E-state index in [0.29, 0.717) is 16.6 Å². The van der Waals surface area contributed by atoms with E-state index in [1.54, 1.807) is 12.3 Å². The van der Waals surface area contributed by atoms with E-state index in [1.165, 1.54) is 0 Å². The number of pyridine rings is 1. The van der Waals surface area contributed by atoms with Crippen molar-refractivity contribution in [1.29, 1.82) is 0 Å². The molecule has 2 heterocycles. The van der Waals surface area contributed by atoms with Crippen molar-refractivity contribution >= 4 is 46.0 Å². The summed E-state index contributed by atoms with van der Waals surface area (Å²) in [5.41, 5.74) is 2.48. The number of alkyl halides is 1. The Hall–Kier alpha value is -1.29. The number of hydrogen-bond donors (Lipinski definition) is 0. The van der Waals surface area contributed by atoms with Gasteiger partial charge >= 0.3 is 0 Å². The topological polar surface area (TPSA) is 30.7 Å². The zero-order chi connectivity index (χ0) is 15.0. The molecule has 0 radical (unpaired) electrons. The summed E-state index contributed by atoms with van der Waals surface area (Å²) in [6, 6.07) is 9.49. The number of hydrogen-bond acceptors (Lipinski definition) is 2. The standard InChI is InChI=1S/C15H12Cl3N3/c1-9(16)14-20-13-6-11(17)7-19-15(13)21(14)8-10-4-2-3-5-12(10)18/h2-7,9H,8H2,1H3. The molecule has 0 spiro atoms. The summed E-state index contributed by atoms with van der Waals surface area (Å²) in [5.74, 6) is 0.751. The largest absolute Gasteiger partial charge is 0.307 e. The summed E-state index contributed by atoms with van der Waals surface area (Å²) in [4.78, 5) is 8.92. The Labute approximate surface area is 137 Å². The molecule has 108 valence electrons. The fourth-order valence-electron chi connectivity index (χ4n) is 2.26. The highest BCUT2D eigenvalue weighted by Crippen LogP contribution is 2.27. The van der Waals surface area contributed by atoms with E-state index < -0.39 is 0 Å². The van der Waals surface area contributed by atoms with Gasteiger partial charge in [0.15, 0.2) is 5.65 Å². The lowest BCUT2D eigenvalue weighted by Crippen LogP contribution is -2.06. The van der Waals surface area contributed by atoms with Gasteiger partial charge < -0.3 is 4.57 Å². The first kappa shape index (κ1) is 14.6. The summed E-state index contributed by atoms with van der Waals surface area (Å²) in [7, 11) is 0. The second-order valence-electron chi connectivity index (χ2n) is 4.76. The second-order valence-corrected chi connectivity index (χ2v) is 6.26. The smallest absolute Gasteiger partial charge is 0.160 e. The Morgan fingerprint density at radius 2 is 2.00 bits per heavy atom. The monoisotopic (exact) mass is 339 g/mol. The Kier molecular flexibility index (Phi) is 4.07. The first-order valence-corrected chi connectivity index (χ1v) is 7.64. The number of benzene rings is 1. The molecule has 0 amide bonds. The Morgan fingerprint density at radius 3 is 2.71 bits per heavy atom. The fraction of sp³-hybridized carbons (Fsp3) is 0.200. The van der Waals surface area contributed by atoms with Crippen LogP contribution < -0.4 is 0 Å². The van der Waals surface area contributed by atoms with Gasteiger partial charge in [-0.3, -0.25) is 0 Å². The van der Waals surface area contributed by atoms with Crippen molar-refractivity contribution < 1.29 is 0 Å². The van der Waals surface area contributed by atoms with Crippen molar-refractivity contribution in [1.82, 2.24) is 14.5 Å². The molecule has 0 bridgehead atoms. The molecule has 1 aromatic carbocycles. The van der Waals surface area contributed by atoms with Gasteiger partial charge in [0.2, 0.25) is 0 Å². The molecule has 6 heteroatoms. The van der Waals surface area contributed by atoms with Crippen molar-refractivity contribution in [3.63, 3.8) is 0 Å². The highest BCUT2D eigenvalue weighted by molar-refractivity contribution is 6.31. The van der Waals surface area contributed by atoms with Crippen LogP contribution in [0.3, 0.4) is 0 Å².